The second-order valence-electron chi connectivity index (χ2n) is 3.61. The highest BCUT2D eigenvalue weighted by Gasteiger charge is 2.51. The van der Waals surface area contributed by atoms with Crippen LogP contribution in [0.25, 0.3) is 0 Å². The van der Waals surface area contributed by atoms with Crippen molar-refractivity contribution in [1.82, 2.24) is 4.98 Å². The average molecular weight is 233 g/mol. The van der Waals surface area contributed by atoms with Gasteiger partial charge in [0.15, 0.2) is 0 Å². The van der Waals surface area contributed by atoms with Crippen LogP contribution in [-0.4, -0.2) is 22.7 Å². The van der Waals surface area contributed by atoms with Crippen molar-refractivity contribution in [3.63, 3.8) is 0 Å². The fourth-order valence-electron chi connectivity index (χ4n) is 0.825. The van der Waals surface area contributed by atoms with Gasteiger partial charge in [-0.2, -0.15) is 13.2 Å². The van der Waals surface area contributed by atoms with Crippen molar-refractivity contribution in [3.8, 4) is 0 Å². The molecule has 0 amide bonds. The predicted molar refractivity (Wildman–Crippen MR) is 49.8 cm³/mol. The second-order valence-corrected chi connectivity index (χ2v) is 3.61. The summed E-state index contributed by atoms with van der Waals surface area (Å²) >= 11 is 0. The lowest BCUT2D eigenvalue weighted by Gasteiger charge is -2.27. The first-order valence-electron chi connectivity index (χ1n) is 4.45. The van der Waals surface area contributed by atoms with Crippen molar-refractivity contribution in [3.05, 3.63) is 30.1 Å². The molecule has 3 nitrogen and oxygen atoms in total. The van der Waals surface area contributed by atoms with E-state index in [9.17, 15) is 18.0 Å². The predicted octanol–water partition coefficient (Wildman–Crippen LogP) is 2.58. The number of halogens is 3. The summed E-state index contributed by atoms with van der Waals surface area (Å²) in [5.74, 6) is -1.09. The van der Waals surface area contributed by atoms with Gasteiger partial charge in [0.25, 0.3) is 0 Å². The lowest BCUT2D eigenvalue weighted by atomic mass is 10.1. The van der Waals surface area contributed by atoms with E-state index in [1.165, 1.54) is 18.3 Å². The Bertz CT molecular complexity index is 373. The molecule has 0 atom stereocenters. The molecule has 1 heterocycles. The largest absolute Gasteiger partial charge is 0.445 e. The summed E-state index contributed by atoms with van der Waals surface area (Å²) in [6, 6.07) is 4.32. The maximum Gasteiger partial charge on any atom is 0.427 e. The molecule has 1 aromatic rings. The maximum absolute atomic E-state index is 12.4. The molecule has 0 radical (unpaired) electrons. The van der Waals surface area contributed by atoms with Crippen molar-refractivity contribution in [2.45, 2.75) is 25.6 Å². The third-order valence-electron chi connectivity index (χ3n) is 1.90. The van der Waals surface area contributed by atoms with Gasteiger partial charge in [0.05, 0.1) is 0 Å². The van der Waals surface area contributed by atoms with Crippen molar-refractivity contribution < 1.29 is 22.7 Å². The Morgan fingerprint density at radius 1 is 1.31 bits per heavy atom. The van der Waals surface area contributed by atoms with Crippen LogP contribution in [0.15, 0.2) is 24.4 Å². The Morgan fingerprint density at radius 3 is 2.38 bits per heavy atom. The van der Waals surface area contributed by atoms with E-state index in [0.29, 0.717) is 0 Å². The van der Waals surface area contributed by atoms with Crippen LogP contribution in [0, 0.1) is 0 Å². The number of carbonyl (C=O) groups excluding carboxylic acids is 1. The monoisotopic (exact) mass is 233 g/mol. The number of esters is 1. The third-order valence-corrected chi connectivity index (χ3v) is 1.90. The lowest BCUT2D eigenvalue weighted by Crippen LogP contribution is -2.43. The Kier molecular flexibility index (Phi) is 3.21. The minimum absolute atomic E-state index is 0.153. The van der Waals surface area contributed by atoms with E-state index in [-0.39, 0.29) is 5.69 Å². The molecule has 0 bridgehead atoms. The van der Waals surface area contributed by atoms with Gasteiger partial charge >= 0.3 is 12.1 Å². The van der Waals surface area contributed by atoms with Gasteiger partial charge in [-0.3, -0.25) is 0 Å². The van der Waals surface area contributed by atoms with E-state index in [1.54, 1.807) is 6.07 Å². The summed E-state index contributed by atoms with van der Waals surface area (Å²) in [6.07, 6.45) is -3.31. The zero-order valence-corrected chi connectivity index (χ0v) is 8.71. The van der Waals surface area contributed by atoms with Gasteiger partial charge in [-0.05, 0) is 26.0 Å². The summed E-state index contributed by atoms with van der Waals surface area (Å²) in [4.78, 5) is 14.9. The topological polar surface area (TPSA) is 39.2 Å². The highest BCUT2D eigenvalue weighted by molar-refractivity contribution is 5.87. The van der Waals surface area contributed by atoms with Gasteiger partial charge < -0.3 is 4.74 Å². The van der Waals surface area contributed by atoms with Crippen LogP contribution < -0.4 is 0 Å². The molecule has 1 aromatic heterocycles. The molecular weight excluding hydrogens is 223 g/mol. The van der Waals surface area contributed by atoms with Gasteiger partial charge in [-0.1, -0.05) is 6.07 Å². The average Bonchev–Trinajstić information content (AvgIpc) is 2.16. The normalized spacial score (nSPS) is 12.3. The minimum atomic E-state index is -4.61. The Hall–Kier alpha value is -1.59. The summed E-state index contributed by atoms with van der Waals surface area (Å²) < 4.78 is 41.6. The van der Waals surface area contributed by atoms with E-state index < -0.39 is 17.7 Å². The van der Waals surface area contributed by atoms with Gasteiger partial charge in [0.1, 0.15) is 5.69 Å². The molecule has 6 heteroatoms. The van der Waals surface area contributed by atoms with Gasteiger partial charge in [-0.25, -0.2) is 9.78 Å². The van der Waals surface area contributed by atoms with Crippen LogP contribution in [0.3, 0.4) is 0 Å². The number of pyridine rings is 1. The summed E-state index contributed by atoms with van der Waals surface area (Å²) in [6.45, 7) is 1.57. The fourth-order valence-corrected chi connectivity index (χ4v) is 0.825. The molecule has 0 aliphatic heterocycles. The first kappa shape index (κ1) is 12.5. The molecule has 1 rings (SSSR count). The van der Waals surface area contributed by atoms with Crippen LogP contribution in [0.1, 0.15) is 24.3 Å². The molecule has 0 spiro atoms. The third kappa shape index (κ3) is 2.71. The second kappa shape index (κ2) is 4.11. The number of hydrogen-bond donors (Lipinski definition) is 0. The SMILES string of the molecule is CC(C)(OC(=O)c1ccccn1)C(F)(F)F. The van der Waals surface area contributed by atoms with Crippen molar-refractivity contribution in [1.29, 1.82) is 0 Å². The van der Waals surface area contributed by atoms with E-state index >= 15 is 0 Å². The highest BCUT2D eigenvalue weighted by Crippen LogP contribution is 2.33. The molecule has 0 N–H and O–H groups in total. The van der Waals surface area contributed by atoms with Crippen LogP contribution in [-0.2, 0) is 4.74 Å². The van der Waals surface area contributed by atoms with Crippen LogP contribution >= 0.6 is 0 Å². The summed E-state index contributed by atoms with van der Waals surface area (Å²) in [5, 5.41) is 0. The quantitative estimate of drug-likeness (QED) is 0.737. The molecule has 88 valence electrons. The summed E-state index contributed by atoms with van der Waals surface area (Å²) in [7, 11) is 0. The number of ether oxygens (including phenoxy) is 1. The van der Waals surface area contributed by atoms with Gasteiger partial charge in [0, 0.05) is 6.20 Å². The molecule has 0 aliphatic carbocycles. The molecule has 0 aromatic carbocycles. The smallest absolute Gasteiger partial charge is 0.427 e. The standard InChI is InChI=1S/C10H10F3NO2/c1-9(2,10(11,12)13)16-8(15)7-5-3-4-6-14-7/h3-6H,1-2H3. The zero-order chi connectivity index (χ0) is 12.4. The zero-order valence-electron chi connectivity index (χ0n) is 8.71. The number of hydrogen-bond acceptors (Lipinski definition) is 3. The highest BCUT2D eigenvalue weighted by atomic mass is 19.4. The van der Waals surface area contributed by atoms with Gasteiger partial charge in [0.2, 0.25) is 5.60 Å². The minimum Gasteiger partial charge on any atom is -0.445 e. The van der Waals surface area contributed by atoms with Crippen molar-refractivity contribution >= 4 is 5.97 Å². The molecule has 0 unspecified atom stereocenters. The maximum atomic E-state index is 12.4. The van der Waals surface area contributed by atoms with E-state index in [1.807, 2.05) is 0 Å². The molecule has 0 fully saturated rings. The molecule has 0 aliphatic rings. The fraction of sp³-hybridized carbons (Fsp3) is 0.400. The Balaban J connectivity index is 2.80. The molecule has 16 heavy (non-hydrogen) atoms. The lowest BCUT2D eigenvalue weighted by molar-refractivity contribution is -0.244. The molecular formula is C10H10F3NO2. The van der Waals surface area contributed by atoms with Crippen molar-refractivity contribution in [2.75, 3.05) is 0 Å². The number of nitrogens with zero attached hydrogens (tertiary/aromatic N) is 1. The van der Waals surface area contributed by atoms with Crippen LogP contribution in [0.2, 0.25) is 0 Å². The van der Waals surface area contributed by atoms with Crippen LogP contribution in [0.4, 0.5) is 13.2 Å². The summed E-state index contributed by atoms with van der Waals surface area (Å²) in [5.41, 5.74) is -2.68. The van der Waals surface area contributed by atoms with E-state index in [0.717, 1.165) is 13.8 Å². The number of aromatic nitrogens is 1. The van der Waals surface area contributed by atoms with Crippen LogP contribution in [0.5, 0.6) is 0 Å². The Labute approximate surface area is 90.2 Å². The van der Waals surface area contributed by atoms with E-state index in [2.05, 4.69) is 9.72 Å². The molecule has 0 saturated carbocycles. The molecule has 0 saturated heterocycles. The number of carbonyl (C=O) groups is 1. The first-order chi connectivity index (χ1) is 7.24. The number of alkyl halides is 3. The van der Waals surface area contributed by atoms with E-state index in [4.69, 9.17) is 0 Å². The first-order valence-corrected chi connectivity index (χ1v) is 4.45. The number of rotatable bonds is 2. The van der Waals surface area contributed by atoms with Crippen molar-refractivity contribution in [2.24, 2.45) is 0 Å². The Morgan fingerprint density at radius 2 is 1.94 bits per heavy atom. The van der Waals surface area contributed by atoms with Gasteiger partial charge in [-0.15, -0.1) is 0 Å².